The predicted octanol–water partition coefficient (Wildman–Crippen LogP) is 22.6. The minimum Gasteiger partial charge on any atom is -0.462 e. The Hall–Kier alpha value is -3.18. The van der Waals surface area contributed by atoms with Crippen LogP contribution in [0.1, 0.15) is 322 Å². The van der Waals surface area contributed by atoms with E-state index in [1.165, 1.54) is 212 Å². The van der Waals surface area contributed by atoms with E-state index in [0.717, 1.165) is 83.5 Å². The lowest BCUT2D eigenvalue weighted by molar-refractivity contribution is -0.161. The Bertz CT molecular complexity index is 1430. The summed E-state index contributed by atoms with van der Waals surface area (Å²) in [5.41, 5.74) is 0. The molecule has 0 heterocycles. The van der Waals surface area contributed by atoms with Gasteiger partial charge in [-0.2, -0.15) is 0 Å². The molecular weight excluding hydrogens is 933 g/mol. The number of ether oxygens (including phenoxy) is 2. The van der Waals surface area contributed by atoms with E-state index in [4.69, 9.17) is 9.47 Å². The quantitative estimate of drug-likeness (QED) is 0.0373. The fourth-order valence-electron chi connectivity index (χ4n) is 9.47. The lowest BCUT2D eigenvalue weighted by Gasteiger charge is -2.15. The van der Waals surface area contributed by atoms with Gasteiger partial charge in [0.05, 0.1) is 6.61 Å². The zero-order chi connectivity index (χ0) is 54.8. The Morgan fingerprint density at radius 1 is 0.316 bits per heavy atom. The summed E-state index contributed by atoms with van der Waals surface area (Å²) in [5.74, 6) is -0.582. The van der Waals surface area contributed by atoms with Crippen LogP contribution in [0, 0.1) is 0 Å². The molecule has 1 N–H and O–H groups in total. The minimum atomic E-state index is -0.778. The summed E-state index contributed by atoms with van der Waals surface area (Å²) >= 11 is 0. The molecule has 0 aliphatic rings. The van der Waals surface area contributed by atoms with Gasteiger partial charge in [0.1, 0.15) is 6.61 Å². The predicted molar refractivity (Wildman–Crippen MR) is 334 cm³/mol. The summed E-state index contributed by atoms with van der Waals surface area (Å²) in [6, 6.07) is 0. The summed E-state index contributed by atoms with van der Waals surface area (Å²) in [4.78, 5) is 24.6. The zero-order valence-electron chi connectivity index (χ0n) is 50.3. The highest BCUT2D eigenvalue weighted by molar-refractivity contribution is 5.70. The maximum atomic E-state index is 12.3. The molecule has 0 aromatic carbocycles. The van der Waals surface area contributed by atoms with E-state index >= 15 is 0 Å². The van der Waals surface area contributed by atoms with Crippen molar-refractivity contribution in [2.75, 3.05) is 13.2 Å². The Morgan fingerprint density at radius 2 is 0.566 bits per heavy atom. The summed E-state index contributed by atoms with van der Waals surface area (Å²) < 4.78 is 10.7. The molecule has 0 amide bonds. The van der Waals surface area contributed by atoms with E-state index in [-0.39, 0.29) is 25.2 Å². The second kappa shape index (κ2) is 66.1. The van der Waals surface area contributed by atoms with Gasteiger partial charge in [0, 0.05) is 12.8 Å². The molecule has 1 atom stereocenters. The lowest BCUT2D eigenvalue weighted by Crippen LogP contribution is -2.28. The Kier molecular flexibility index (Phi) is 63.3. The first-order valence-corrected chi connectivity index (χ1v) is 32.8. The van der Waals surface area contributed by atoms with Crippen molar-refractivity contribution in [2.24, 2.45) is 0 Å². The fraction of sp³-hybridized carbons (Fsp3) is 0.746. The molecule has 0 aromatic heterocycles. The largest absolute Gasteiger partial charge is 0.462 e. The average molecular weight is 1060 g/mol. The lowest BCUT2D eigenvalue weighted by atomic mass is 10.0. The van der Waals surface area contributed by atoms with Gasteiger partial charge in [-0.05, 0) is 96.3 Å². The van der Waals surface area contributed by atoms with Gasteiger partial charge < -0.3 is 14.6 Å². The third kappa shape index (κ3) is 63.4. The molecule has 438 valence electrons. The first-order valence-electron chi connectivity index (χ1n) is 32.8. The van der Waals surface area contributed by atoms with E-state index in [1.807, 2.05) is 0 Å². The molecule has 0 spiro atoms. The van der Waals surface area contributed by atoms with Gasteiger partial charge in [-0.25, -0.2) is 0 Å². The normalized spacial score (nSPS) is 12.8. The highest BCUT2D eigenvalue weighted by Gasteiger charge is 2.16. The molecule has 0 saturated heterocycles. The van der Waals surface area contributed by atoms with E-state index in [1.54, 1.807) is 0 Å². The van der Waals surface area contributed by atoms with Gasteiger partial charge in [-0.1, -0.05) is 310 Å². The van der Waals surface area contributed by atoms with Crippen molar-refractivity contribution in [3.8, 4) is 0 Å². The molecule has 5 nitrogen and oxygen atoms in total. The molecular formula is C71H124O5. The topological polar surface area (TPSA) is 72.8 Å². The first kappa shape index (κ1) is 72.8. The van der Waals surface area contributed by atoms with Crippen LogP contribution in [-0.4, -0.2) is 36.4 Å². The van der Waals surface area contributed by atoms with Crippen molar-refractivity contribution in [3.05, 3.63) is 97.2 Å². The van der Waals surface area contributed by atoms with Crippen LogP contribution in [0.5, 0.6) is 0 Å². The molecule has 0 aromatic rings. The Labute approximate surface area is 472 Å². The second-order valence-corrected chi connectivity index (χ2v) is 21.8. The summed E-state index contributed by atoms with van der Waals surface area (Å²) in [7, 11) is 0. The zero-order valence-corrected chi connectivity index (χ0v) is 50.3. The van der Waals surface area contributed by atoms with Gasteiger partial charge in [-0.3, -0.25) is 9.59 Å². The van der Waals surface area contributed by atoms with Crippen LogP contribution in [0.3, 0.4) is 0 Å². The summed E-state index contributed by atoms with van der Waals surface area (Å²) in [5, 5.41) is 9.69. The second-order valence-electron chi connectivity index (χ2n) is 21.8. The van der Waals surface area contributed by atoms with Crippen molar-refractivity contribution < 1.29 is 24.2 Å². The van der Waals surface area contributed by atoms with Crippen molar-refractivity contribution in [2.45, 2.75) is 328 Å². The van der Waals surface area contributed by atoms with E-state index in [0.29, 0.717) is 12.8 Å². The molecule has 0 aliphatic heterocycles. The van der Waals surface area contributed by atoms with Crippen LogP contribution >= 0.6 is 0 Å². The van der Waals surface area contributed by atoms with Crippen LogP contribution in [0.2, 0.25) is 0 Å². The van der Waals surface area contributed by atoms with Gasteiger partial charge in [0.2, 0.25) is 0 Å². The Morgan fingerprint density at radius 3 is 0.855 bits per heavy atom. The maximum Gasteiger partial charge on any atom is 0.306 e. The molecule has 0 fully saturated rings. The highest BCUT2D eigenvalue weighted by atomic mass is 16.6. The number of esters is 2. The van der Waals surface area contributed by atoms with Crippen LogP contribution in [-0.2, 0) is 19.1 Å². The van der Waals surface area contributed by atoms with Crippen LogP contribution in [0.4, 0.5) is 0 Å². The van der Waals surface area contributed by atoms with Gasteiger partial charge >= 0.3 is 11.9 Å². The molecule has 5 heteroatoms. The standard InChI is InChI=1S/C71H124O5/c1-3-5-7-9-11-13-15-17-19-21-23-25-27-29-31-33-34-35-36-38-39-41-43-45-47-49-51-53-55-57-59-61-63-65-70(73)75-68-69(67-72)76-71(74)66-64-62-60-58-56-54-52-50-48-46-44-42-40-37-32-30-28-26-24-22-20-18-16-14-12-10-8-6-4-2/h6,8,12,14-15,17-18,20-21,23-24,26-27,29-30,32,69,72H,3-5,7,9-11,13,16,19,22,25,28,31,33-68H2,1-2H3/b8-6-,14-12-,17-15-,20-18-,23-21-,26-24-,29-27-,32-30-. The smallest absolute Gasteiger partial charge is 0.306 e. The van der Waals surface area contributed by atoms with E-state index < -0.39 is 6.10 Å². The number of aliphatic hydroxyl groups excluding tert-OH is 1. The minimum absolute atomic E-state index is 0.0670. The van der Waals surface area contributed by atoms with Crippen molar-refractivity contribution in [1.82, 2.24) is 0 Å². The average Bonchev–Trinajstić information content (AvgIpc) is 3.42. The maximum absolute atomic E-state index is 12.3. The van der Waals surface area contributed by atoms with E-state index in [2.05, 4.69) is 111 Å². The number of rotatable bonds is 60. The molecule has 0 aliphatic carbocycles. The molecule has 0 rings (SSSR count). The number of hydrogen-bond acceptors (Lipinski definition) is 5. The molecule has 0 saturated carbocycles. The number of aliphatic hydroxyl groups is 1. The summed E-state index contributed by atoms with van der Waals surface area (Å²) in [6.45, 7) is 4.04. The van der Waals surface area contributed by atoms with E-state index in [9.17, 15) is 14.7 Å². The first-order chi connectivity index (χ1) is 37.6. The van der Waals surface area contributed by atoms with Crippen molar-refractivity contribution in [3.63, 3.8) is 0 Å². The monoisotopic (exact) mass is 1060 g/mol. The van der Waals surface area contributed by atoms with Crippen molar-refractivity contribution in [1.29, 1.82) is 0 Å². The van der Waals surface area contributed by atoms with Gasteiger partial charge in [0.25, 0.3) is 0 Å². The molecule has 76 heavy (non-hydrogen) atoms. The number of unbranched alkanes of at least 4 members (excludes halogenated alkanes) is 36. The number of carbonyl (C=O) groups excluding carboxylic acids is 2. The SMILES string of the molecule is CC/C=C\C/C=C\C/C=C\C/C=C\C/C=C\CCCCCCCCCCCCCCCC(=O)OC(CO)COC(=O)CCCCCCCCCCCCCCCCCCCC/C=C\C/C=C\C/C=C\CCCCCCC. The summed E-state index contributed by atoms with van der Waals surface area (Å²) in [6.07, 6.45) is 94.1. The van der Waals surface area contributed by atoms with Crippen molar-refractivity contribution >= 4 is 11.9 Å². The molecule has 1 unspecified atom stereocenters. The number of carbonyl (C=O) groups is 2. The fourth-order valence-corrected chi connectivity index (χ4v) is 9.47. The number of allylic oxidation sites excluding steroid dienone is 16. The van der Waals surface area contributed by atoms with Gasteiger partial charge in [0.15, 0.2) is 6.10 Å². The van der Waals surface area contributed by atoms with Gasteiger partial charge in [-0.15, -0.1) is 0 Å². The Balaban J connectivity index is 3.46. The van der Waals surface area contributed by atoms with Crippen LogP contribution in [0.15, 0.2) is 97.2 Å². The van der Waals surface area contributed by atoms with Crippen LogP contribution in [0.25, 0.3) is 0 Å². The number of hydrogen-bond donors (Lipinski definition) is 1. The molecule has 0 radical (unpaired) electrons. The van der Waals surface area contributed by atoms with Crippen LogP contribution < -0.4 is 0 Å². The highest BCUT2D eigenvalue weighted by Crippen LogP contribution is 2.17. The third-order valence-electron chi connectivity index (χ3n) is 14.4. The third-order valence-corrected chi connectivity index (χ3v) is 14.4. The molecule has 0 bridgehead atoms.